The van der Waals surface area contributed by atoms with Gasteiger partial charge in [0.15, 0.2) is 0 Å². The predicted molar refractivity (Wildman–Crippen MR) is 73.6 cm³/mol. The molecule has 1 saturated heterocycles. The van der Waals surface area contributed by atoms with Crippen molar-refractivity contribution in [1.29, 1.82) is 0 Å². The van der Waals surface area contributed by atoms with Gasteiger partial charge >= 0.3 is 0 Å². The molecule has 2 N–H and O–H groups in total. The highest BCUT2D eigenvalue weighted by atomic mass is 16.3. The summed E-state index contributed by atoms with van der Waals surface area (Å²) < 4.78 is 0. The standard InChI is InChI=1S/C14H23N3O/c1-11(2)8-15-9-12-4-3-6-16-14(12)17-7-5-13(18)10-17/h3-4,6,11,13,15,18H,5,7-10H2,1-2H3. The topological polar surface area (TPSA) is 48.4 Å². The minimum atomic E-state index is -0.205. The highest BCUT2D eigenvalue weighted by Gasteiger charge is 2.22. The van der Waals surface area contributed by atoms with E-state index in [-0.39, 0.29) is 6.10 Å². The average molecular weight is 249 g/mol. The van der Waals surface area contributed by atoms with Gasteiger partial charge in [0, 0.05) is 31.4 Å². The molecule has 1 aliphatic rings. The van der Waals surface area contributed by atoms with Crippen LogP contribution in [0.4, 0.5) is 5.82 Å². The summed E-state index contributed by atoms with van der Waals surface area (Å²) in [4.78, 5) is 6.65. The summed E-state index contributed by atoms with van der Waals surface area (Å²) in [5, 5.41) is 13.1. The predicted octanol–water partition coefficient (Wildman–Crippen LogP) is 1.40. The lowest BCUT2D eigenvalue weighted by Crippen LogP contribution is -2.26. The maximum atomic E-state index is 9.62. The van der Waals surface area contributed by atoms with Gasteiger partial charge in [0.05, 0.1) is 6.10 Å². The quantitative estimate of drug-likeness (QED) is 0.828. The molecule has 0 saturated carbocycles. The van der Waals surface area contributed by atoms with E-state index < -0.39 is 0 Å². The number of β-amino-alcohol motifs (C(OH)–C–C–N with tert-alkyl or cyclic N) is 1. The molecular formula is C14H23N3O. The number of rotatable bonds is 5. The number of nitrogens with zero attached hydrogens (tertiary/aromatic N) is 2. The highest BCUT2D eigenvalue weighted by Crippen LogP contribution is 2.21. The van der Waals surface area contributed by atoms with E-state index in [1.54, 1.807) is 0 Å². The number of aliphatic hydroxyl groups is 1. The molecule has 0 radical (unpaired) electrons. The molecular weight excluding hydrogens is 226 g/mol. The lowest BCUT2D eigenvalue weighted by Gasteiger charge is -2.20. The van der Waals surface area contributed by atoms with Crippen molar-refractivity contribution in [3.63, 3.8) is 0 Å². The van der Waals surface area contributed by atoms with Crippen LogP contribution >= 0.6 is 0 Å². The normalized spacial score (nSPS) is 19.8. The molecule has 1 unspecified atom stereocenters. The van der Waals surface area contributed by atoms with Crippen LogP contribution in [-0.4, -0.2) is 35.8 Å². The van der Waals surface area contributed by atoms with Crippen molar-refractivity contribution >= 4 is 5.82 Å². The summed E-state index contributed by atoms with van der Waals surface area (Å²) in [5.74, 6) is 1.67. The van der Waals surface area contributed by atoms with Gasteiger partial charge in [0.2, 0.25) is 0 Å². The van der Waals surface area contributed by atoms with Crippen molar-refractivity contribution in [2.45, 2.75) is 32.9 Å². The monoisotopic (exact) mass is 249 g/mol. The summed E-state index contributed by atoms with van der Waals surface area (Å²) in [5.41, 5.74) is 1.22. The molecule has 0 bridgehead atoms. The van der Waals surface area contributed by atoms with Crippen LogP contribution in [0.2, 0.25) is 0 Å². The van der Waals surface area contributed by atoms with Crippen LogP contribution in [0.15, 0.2) is 18.3 Å². The van der Waals surface area contributed by atoms with Gasteiger partial charge in [-0.25, -0.2) is 4.98 Å². The number of hydrogen-bond acceptors (Lipinski definition) is 4. The Morgan fingerprint density at radius 3 is 3.06 bits per heavy atom. The first kappa shape index (κ1) is 13.3. The summed E-state index contributed by atoms with van der Waals surface area (Å²) in [7, 11) is 0. The molecule has 4 nitrogen and oxygen atoms in total. The largest absolute Gasteiger partial charge is 0.391 e. The fraction of sp³-hybridized carbons (Fsp3) is 0.643. The molecule has 4 heteroatoms. The second-order valence-electron chi connectivity index (χ2n) is 5.40. The van der Waals surface area contributed by atoms with Gasteiger partial charge in [-0.15, -0.1) is 0 Å². The molecule has 1 aromatic rings. The molecule has 0 aliphatic carbocycles. The molecule has 1 aliphatic heterocycles. The summed E-state index contributed by atoms with van der Waals surface area (Å²) in [6, 6.07) is 4.09. The number of pyridine rings is 1. The van der Waals surface area contributed by atoms with E-state index in [9.17, 15) is 5.11 Å². The van der Waals surface area contributed by atoms with Crippen LogP contribution in [0, 0.1) is 5.92 Å². The minimum Gasteiger partial charge on any atom is -0.391 e. The maximum Gasteiger partial charge on any atom is 0.133 e. The third-order valence-corrected chi connectivity index (χ3v) is 3.20. The fourth-order valence-corrected chi connectivity index (χ4v) is 2.28. The van der Waals surface area contributed by atoms with Gasteiger partial charge < -0.3 is 15.3 Å². The highest BCUT2D eigenvalue weighted by molar-refractivity contribution is 5.47. The molecule has 1 fully saturated rings. The van der Waals surface area contributed by atoms with Crippen molar-refractivity contribution in [3.8, 4) is 0 Å². The van der Waals surface area contributed by atoms with Crippen molar-refractivity contribution in [3.05, 3.63) is 23.9 Å². The molecule has 1 atom stereocenters. The summed E-state index contributed by atoms with van der Waals surface area (Å²) in [6.45, 7) is 7.86. The fourth-order valence-electron chi connectivity index (χ4n) is 2.28. The Labute approximate surface area is 109 Å². The summed E-state index contributed by atoms with van der Waals surface area (Å²) in [6.07, 6.45) is 2.46. The lowest BCUT2D eigenvalue weighted by atomic mass is 10.2. The van der Waals surface area contributed by atoms with Gasteiger partial charge in [0.1, 0.15) is 5.82 Å². The van der Waals surface area contributed by atoms with Crippen LogP contribution in [-0.2, 0) is 6.54 Å². The Bertz CT molecular complexity index is 381. The minimum absolute atomic E-state index is 0.205. The maximum absolute atomic E-state index is 9.62. The Morgan fingerprint density at radius 2 is 2.39 bits per heavy atom. The van der Waals surface area contributed by atoms with Crippen LogP contribution in [0.25, 0.3) is 0 Å². The summed E-state index contributed by atoms with van der Waals surface area (Å²) >= 11 is 0. The number of nitrogens with one attached hydrogen (secondary N) is 1. The smallest absolute Gasteiger partial charge is 0.133 e. The number of aromatic nitrogens is 1. The third kappa shape index (κ3) is 3.43. The third-order valence-electron chi connectivity index (χ3n) is 3.20. The van der Waals surface area contributed by atoms with E-state index in [0.29, 0.717) is 12.5 Å². The van der Waals surface area contributed by atoms with Gasteiger partial charge in [-0.2, -0.15) is 0 Å². The molecule has 2 rings (SSSR count). The van der Waals surface area contributed by atoms with Gasteiger partial charge in [-0.05, 0) is 24.9 Å². The van der Waals surface area contributed by atoms with Crippen molar-refractivity contribution in [2.75, 3.05) is 24.5 Å². The second kappa shape index (κ2) is 6.16. The van der Waals surface area contributed by atoms with E-state index in [4.69, 9.17) is 0 Å². The molecule has 100 valence electrons. The van der Waals surface area contributed by atoms with Crippen molar-refractivity contribution in [1.82, 2.24) is 10.3 Å². The number of hydrogen-bond donors (Lipinski definition) is 2. The first-order chi connectivity index (χ1) is 8.66. The molecule has 0 aromatic carbocycles. The Hall–Kier alpha value is -1.13. The zero-order valence-corrected chi connectivity index (χ0v) is 11.3. The average Bonchev–Trinajstić information content (AvgIpc) is 2.76. The zero-order valence-electron chi connectivity index (χ0n) is 11.3. The Balaban J connectivity index is 2.01. The molecule has 1 aromatic heterocycles. The van der Waals surface area contributed by atoms with Crippen molar-refractivity contribution < 1.29 is 5.11 Å². The first-order valence-electron chi connectivity index (χ1n) is 6.74. The molecule has 2 heterocycles. The Morgan fingerprint density at radius 1 is 1.56 bits per heavy atom. The van der Waals surface area contributed by atoms with Crippen molar-refractivity contribution in [2.24, 2.45) is 5.92 Å². The van der Waals surface area contributed by atoms with Gasteiger partial charge in [-0.1, -0.05) is 19.9 Å². The lowest BCUT2D eigenvalue weighted by molar-refractivity contribution is 0.198. The Kier molecular flexibility index (Phi) is 4.55. The van der Waals surface area contributed by atoms with Crippen LogP contribution in [0.3, 0.4) is 0 Å². The molecule has 18 heavy (non-hydrogen) atoms. The van der Waals surface area contributed by atoms with E-state index in [0.717, 1.165) is 31.9 Å². The molecule has 0 spiro atoms. The van der Waals surface area contributed by atoms with Crippen LogP contribution in [0.1, 0.15) is 25.8 Å². The SMILES string of the molecule is CC(C)CNCc1cccnc1N1CCC(O)C1. The van der Waals surface area contributed by atoms with E-state index in [1.807, 2.05) is 12.3 Å². The molecule has 0 amide bonds. The number of anilines is 1. The zero-order chi connectivity index (χ0) is 13.0. The van der Waals surface area contributed by atoms with E-state index >= 15 is 0 Å². The van der Waals surface area contributed by atoms with E-state index in [2.05, 4.69) is 35.1 Å². The van der Waals surface area contributed by atoms with Gasteiger partial charge in [0.25, 0.3) is 0 Å². The van der Waals surface area contributed by atoms with E-state index in [1.165, 1.54) is 5.56 Å². The van der Waals surface area contributed by atoms with Gasteiger partial charge in [-0.3, -0.25) is 0 Å². The van der Waals surface area contributed by atoms with Crippen LogP contribution in [0.5, 0.6) is 0 Å². The second-order valence-corrected chi connectivity index (χ2v) is 5.40. The van der Waals surface area contributed by atoms with Crippen LogP contribution < -0.4 is 10.2 Å². The first-order valence-corrected chi connectivity index (χ1v) is 6.74. The number of aliphatic hydroxyl groups excluding tert-OH is 1.